The zero-order valence-electron chi connectivity index (χ0n) is 30.5. The first-order chi connectivity index (χ1) is 24.9. The molecule has 0 saturated heterocycles. The summed E-state index contributed by atoms with van der Waals surface area (Å²) in [5.74, 6) is -3.63. The van der Waals surface area contributed by atoms with Crippen LogP contribution in [0.5, 0.6) is 5.75 Å². The Morgan fingerprint density at radius 1 is 0.846 bits per heavy atom. The van der Waals surface area contributed by atoms with Gasteiger partial charge in [-0.05, 0) is 42.5 Å². The van der Waals surface area contributed by atoms with Gasteiger partial charge in [0.15, 0.2) is 0 Å². The van der Waals surface area contributed by atoms with Gasteiger partial charge in [-0.15, -0.1) is 0 Å². The maximum atomic E-state index is 13.9. The summed E-state index contributed by atoms with van der Waals surface area (Å²) >= 11 is 0. The van der Waals surface area contributed by atoms with Crippen LogP contribution in [0.15, 0.2) is 72.8 Å². The SMILES string of the molecule is CCCN(CCC)C(=O)c1cccc(C(=O)N[C@@H](COc2cc(F)cc(F)c2)[C@@H](O)C[C@@H](OC)C(=O)N[C@@H](C(C)C)C(O)NCc2ccccc2)c1. The molecular formula is C39H52F2N4O7. The van der Waals surface area contributed by atoms with E-state index in [1.165, 1.54) is 19.2 Å². The number of hydrogen-bond donors (Lipinski definition) is 5. The van der Waals surface area contributed by atoms with Gasteiger partial charge in [0.1, 0.15) is 36.3 Å². The molecule has 3 amide bonds. The molecular weight excluding hydrogens is 674 g/mol. The highest BCUT2D eigenvalue weighted by atomic mass is 19.1. The van der Waals surface area contributed by atoms with Crippen LogP contribution < -0.4 is 20.7 Å². The molecule has 0 fully saturated rings. The highest BCUT2D eigenvalue weighted by Crippen LogP contribution is 2.18. The second-order valence-electron chi connectivity index (χ2n) is 13.0. The number of carbonyl (C=O) groups excluding carboxylic acids is 3. The predicted molar refractivity (Wildman–Crippen MR) is 194 cm³/mol. The van der Waals surface area contributed by atoms with Crippen molar-refractivity contribution in [2.45, 2.75) is 84.0 Å². The van der Waals surface area contributed by atoms with E-state index in [0.29, 0.717) is 31.3 Å². The van der Waals surface area contributed by atoms with Gasteiger partial charge in [-0.25, -0.2) is 8.78 Å². The van der Waals surface area contributed by atoms with Gasteiger partial charge < -0.3 is 35.2 Å². The minimum Gasteiger partial charge on any atom is -0.491 e. The zero-order valence-corrected chi connectivity index (χ0v) is 30.5. The van der Waals surface area contributed by atoms with E-state index in [1.54, 1.807) is 17.0 Å². The molecule has 0 radical (unpaired) electrons. The minimum absolute atomic E-state index is 0.130. The fourth-order valence-corrected chi connectivity index (χ4v) is 5.64. The van der Waals surface area contributed by atoms with Gasteiger partial charge in [0, 0.05) is 62.5 Å². The van der Waals surface area contributed by atoms with Crippen LogP contribution in [0.4, 0.5) is 8.78 Å². The van der Waals surface area contributed by atoms with Crippen molar-refractivity contribution in [3.05, 3.63) is 101 Å². The number of methoxy groups -OCH3 is 1. The van der Waals surface area contributed by atoms with Crippen molar-refractivity contribution in [3.8, 4) is 5.75 Å². The molecule has 0 heterocycles. The van der Waals surface area contributed by atoms with Crippen molar-refractivity contribution < 1.29 is 42.9 Å². The Kier molecular flexibility index (Phi) is 17.1. The Morgan fingerprint density at radius 3 is 2.08 bits per heavy atom. The fourth-order valence-electron chi connectivity index (χ4n) is 5.64. The van der Waals surface area contributed by atoms with E-state index in [0.717, 1.165) is 30.5 Å². The molecule has 5 N–H and O–H groups in total. The molecule has 5 atom stereocenters. The molecule has 284 valence electrons. The van der Waals surface area contributed by atoms with Crippen molar-refractivity contribution in [3.63, 3.8) is 0 Å². The van der Waals surface area contributed by atoms with E-state index in [2.05, 4.69) is 16.0 Å². The summed E-state index contributed by atoms with van der Waals surface area (Å²) in [4.78, 5) is 41.9. The van der Waals surface area contributed by atoms with Crippen LogP contribution in [0.25, 0.3) is 0 Å². The van der Waals surface area contributed by atoms with Crippen molar-refractivity contribution in [2.24, 2.45) is 5.92 Å². The van der Waals surface area contributed by atoms with Crippen molar-refractivity contribution >= 4 is 17.7 Å². The number of nitrogens with zero attached hydrogens (tertiary/aromatic N) is 1. The Bertz CT molecular complexity index is 1550. The molecule has 0 aliphatic rings. The normalized spacial score (nSPS) is 14.2. The van der Waals surface area contributed by atoms with Crippen LogP contribution in [0.1, 0.15) is 73.2 Å². The van der Waals surface area contributed by atoms with Gasteiger partial charge in [0.05, 0.1) is 18.2 Å². The molecule has 0 aliphatic heterocycles. The number of carbonyl (C=O) groups is 3. The molecule has 1 unspecified atom stereocenters. The quantitative estimate of drug-likeness (QED) is 0.101. The van der Waals surface area contributed by atoms with E-state index in [-0.39, 0.29) is 29.6 Å². The minimum atomic E-state index is -1.47. The highest BCUT2D eigenvalue weighted by molar-refractivity contribution is 5.99. The van der Waals surface area contributed by atoms with Crippen molar-refractivity contribution in [2.75, 3.05) is 26.8 Å². The van der Waals surface area contributed by atoms with Gasteiger partial charge >= 0.3 is 0 Å². The van der Waals surface area contributed by atoms with Gasteiger partial charge in [0.25, 0.3) is 11.8 Å². The summed E-state index contributed by atoms with van der Waals surface area (Å²) in [6.07, 6.45) is -2.60. The molecule has 11 nitrogen and oxygen atoms in total. The summed E-state index contributed by atoms with van der Waals surface area (Å²) in [5, 5.41) is 30.8. The summed E-state index contributed by atoms with van der Waals surface area (Å²) in [6, 6.07) is 16.3. The van der Waals surface area contributed by atoms with Crippen LogP contribution in [-0.4, -0.2) is 90.2 Å². The third kappa shape index (κ3) is 13.0. The fraction of sp³-hybridized carbons (Fsp3) is 0.462. The average molecular weight is 727 g/mol. The van der Waals surface area contributed by atoms with Gasteiger partial charge in [-0.3, -0.25) is 19.7 Å². The van der Waals surface area contributed by atoms with Crippen molar-refractivity contribution in [1.82, 2.24) is 20.9 Å². The molecule has 0 aromatic heterocycles. The summed E-state index contributed by atoms with van der Waals surface area (Å²) < 4.78 is 38.9. The molecule has 0 bridgehead atoms. The van der Waals surface area contributed by atoms with E-state index in [1.807, 2.05) is 58.0 Å². The lowest BCUT2D eigenvalue weighted by atomic mass is 10.00. The molecule has 13 heteroatoms. The second kappa shape index (κ2) is 21.2. The summed E-state index contributed by atoms with van der Waals surface area (Å²) in [6.45, 7) is 8.65. The average Bonchev–Trinajstić information content (AvgIpc) is 3.12. The molecule has 3 aromatic rings. The number of aliphatic hydroxyl groups is 2. The molecule has 0 aliphatic carbocycles. The van der Waals surface area contributed by atoms with Crippen LogP contribution in [-0.2, 0) is 16.1 Å². The molecule has 0 saturated carbocycles. The number of amides is 3. The lowest BCUT2D eigenvalue weighted by Gasteiger charge is -2.31. The van der Waals surface area contributed by atoms with Crippen LogP contribution in [0.2, 0.25) is 0 Å². The molecule has 3 aromatic carbocycles. The zero-order chi connectivity index (χ0) is 38.2. The Hall–Kier alpha value is -4.43. The number of aliphatic hydroxyl groups excluding tert-OH is 2. The first-order valence-electron chi connectivity index (χ1n) is 17.6. The predicted octanol–water partition coefficient (Wildman–Crippen LogP) is 4.42. The van der Waals surface area contributed by atoms with Gasteiger partial charge in [0.2, 0.25) is 5.91 Å². The lowest BCUT2D eigenvalue weighted by molar-refractivity contribution is -0.135. The summed E-state index contributed by atoms with van der Waals surface area (Å²) in [5.41, 5.74) is 1.39. The number of rotatable bonds is 21. The maximum absolute atomic E-state index is 13.9. The third-order valence-corrected chi connectivity index (χ3v) is 8.45. The summed E-state index contributed by atoms with van der Waals surface area (Å²) in [7, 11) is 1.29. The Balaban J connectivity index is 1.78. The van der Waals surface area contributed by atoms with E-state index in [9.17, 15) is 33.4 Å². The van der Waals surface area contributed by atoms with Crippen LogP contribution >= 0.6 is 0 Å². The lowest BCUT2D eigenvalue weighted by Crippen LogP contribution is -2.56. The smallest absolute Gasteiger partial charge is 0.253 e. The monoisotopic (exact) mass is 726 g/mol. The first kappa shape index (κ1) is 42.0. The molecule has 52 heavy (non-hydrogen) atoms. The topological polar surface area (TPSA) is 149 Å². The van der Waals surface area contributed by atoms with E-state index in [4.69, 9.17) is 9.47 Å². The van der Waals surface area contributed by atoms with Gasteiger partial charge in [-0.1, -0.05) is 64.1 Å². The highest BCUT2D eigenvalue weighted by Gasteiger charge is 2.32. The number of hydrogen-bond acceptors (Lipinski definition) is 8. The third-order valence-electron chi connectivity index (χ3n) is 8.45. The second-order valence-corrected chi connectivity index (χ2v) is 13.0. The largest absolute Gasteiger partial charge is 0.491 e. The number of ether oxygens (including phenoxy) is 2. The maximum Gasteiger partial charge on any atom is 0.253 e. The number of nitrogens with one attached hydrogen (secondary N) is 3. The van der Waals surface area contributed by atoms with Crippen LogP contribution in [0, 0.1) is 17.6 Å². The van der Waals surface area contributed by atoms with Crippen molar-refractivity contribution in [1.29, 1.82) is 0 Å². The Morgan fingerprint density at radius 2 is 1.48 bits per heavy atom. The molecule has 3 rings (SSSR count). The van der Waals surface area contributed by atoms with E-state index >= 15 is 0 Å². The molecule has 0 spiro atoms. The van der Waals surface area contributed by atoms with Gasteiger partial charge in [-0.2, -0.15) is 0 Å². The Labute approximate surface area is 304 Å². The van der Waals surface area contributed by atoms with E-state index < -0.39 is 60.6 Å². The van der Waals surface area contributed by atoms with Crippen LogP contribution in [0.3, 0.4) is 0 Å². The number of halogens is 2. The number of benzene rings is 3. The first-order valence-corrected chi connectivity index (χ1v) is 17.6. The standard InChI is InChI=1S/C39H52F2N4O7/c1-6-16-45(17-7-2)39(50)28-15-11-14-27(18-28)36(47)43-32(24-52-31-20-29(40)19-30(41)21-31)33(46)22-34(51-5)37(48)44-35(25(3)4)38(49)42-23-26-12-9-8-10-13-26/h8-15,18-21,25,32-35,38,42,46,49H,6-7,16-17,22-24H2,1-5H3,(H,43,47)(H,44,48)/t32-,33-,34+,35-,38?/m0/s1.